The SMILES string of the molecule is Cc1ccoc1C(=O)NC1CCN(CCC(=O)O)CC1.Cl. The van der Waals surface area contributed by atoms with Crippen molar-refractivity contribution in [2.24, 2.45) is 0 Å². The van der Waals surface area contributed by atoms with E-state index in [0.717, 1.165) is 31.5 Å². The van der Waals surface area contributed by atoms with Gasteiger partial charge in [-0.3, -0.25) is 9.59 Å². The van der Waals surface area contributed by atoms with Crippen LogP contribution in [0.1, 0.15) is 35.4 Å². The fraction of sp³-hybridized carbons (Fsp3) is 0.571. The van der Waals surface area contributed by atoms with Crippen LogP contribution in [0, 0.1) is 6.92 Å². The predicted molar refractivity (Wildman–Crippen MR) is 79.9 cm³/mol. The number of hydrogen-bond acceptors (Lipinski definition) is 4. The number of carbonyl (C=O) groups is 2. The minimum absolute atomic E-state index is 0. The van der Waals surface area contributed by atoms with Crippen molar-refractivity contribution >= 4 is 24.3 Å². The number of amides is 1. The van der Waals surface area contributed by atoms with Gasteiger partial charge >= 0.3 is 5.97 Å². The molecule has 0 spiro atoms. The summed E-state index contributed by atoms with van der Waals surface area (Å²) in [6.07, 6.45) is 3.36. The maximum absolute atomic E-state index is 12.0. The monoisotopic (exact) mass is 316 g/mol. The van der Waals surface area contributed by atoms with Crippen LogP contribution in [0.15, 0.2) is 16.7 Å². The molecule has 0 aliphatic carbocycles. The topological polar surface area (TPSA) is 82.8 Å². The van der Waals surface area contributed by atoms with Crippen molar-refractivity contribution in [3.8, 4) is 0 Å². The molecule has 1 saturated heterocycles. The predicted octanol–water partition coefficient (Wildman–Crippen LogP) is 1.68. The van der Waals surface area contributed by atoms with E-state index in [1.807, 2.05) is 6.92 Å². The molecule has 0 unspecified atom stereocenters. The molecule has 0 bridgehead atoms. The van der Waals surface area contributed by atoms with Crippen molar-refractivity contribution in [2.45, 2.75) is 32.2 Å². The summed E-state index contributed by atoms with van der Waals surface area (Å²) in [4.78, 5) is 24.6. The average Bonchev–Trinajstić information content (AvgIpc) is 2.84. The van der Waals surface area contributed by atoms with E-state index in [1.165, 1.54) is 6.26 Å². The minimum atomic E-state index is -0.770. The lowest BCUT2D eigenvalue weighted by Crippen LogP contribution is -2.45. The molecule has 0 saturated carbocycles. The lowest BCUT2D eigenvalue weighted by Gasteiger charge is -2.31. The summed E-state index contributed by atoms with van der Waals surface area (Å²) in [6, 6.07) is 1.90. The Morgan fingerprint density at radius 2 is 2.10 bits per heavy atom. The van der Waals surface area contributed by atoms with Crippen molar-refractivity contribution in [3.05, 3.63) is 23.7 Å². The molecule has 0 aromatic carbocycles. The van der Waals surface area contributed by atoms with Crippen LogP contribution in [-0.2, 0) is 4.79 Å². The number of carboxylic acids is 1. The number of rotatable bonds is 5. The first-order chi connectivity index (χ1) is 9.56. The van der Waals surface area contributed by atoms with Crippen LogP contribution in [0.2, 0.25) is 0 Å². The van der Waals surface area contributed by atoms with Gasteiger partial charge in [0.2, 0.25) is 0 Å². The zero-order chi connectivity index (χ0) is 14.5. The van der Waals surface area contributed by atoms with E-state index in [4.69, 9.17) is 9.52 Å². The normalized spacial score (nSPS) is 16.2. The van der Waals surface area contributed by atoms with Gasteiger partial charge in [0, 0.05) is 31.2 Å². The summed E-state index contributed by atoms with van der Waals surface area (Å²) in [5.74, 6) is -0.566. The summed E-state index contributed by atoms with van der Waals surface area (Å²) in [5.41, 5.74) is 0.835. The van der Waals surface area contributed by atoms with Gasteiger partial charge in [0.1, 0.15) is 0 Å². The third kappa shape index (κ3) is 5.06. The molecule has 1 aliphatic rings. The van der Waals surface area contributed by atoms with Crippen LogP contribution < -0.4 is 5.32 Å². The Labute approximate surface area is 129 Å². The van der Waals surface area contributed by atoms with Gasteiger partial charge < -0.3 is 19.7 Å². The second-order valence-corrected chi connectivity index (χ2v) is 5.17. The lowest BCUT2D eigenvalue weighted by molar-refractivity contribution is -0.137. The van der Waals surface area contributed by atoms with E-state index in [9.17, 15) is 9.59 Å². The van der Waals surface area contributed by atoms with E-state index in [0.29, 0.717) is 12.3 Å². The lowest BCUT2D eigenvalue weighted by atomic mass is 10.0. The van der Waals surface area contributed by atoms with Crippen LogP contribution in [0.3, 0.4) is 0 Å². The molecule has 1 amide bonds. The van der Waals surface area contributed by atoms with Gasteiger partial charge in [-0.1, -0.05) is 0 Å². The van der Waals surface area contributed by atoms with Crippen LogP contribution in [-0.4, -0.2) is 47.6 Å². The maximum atomic E-state index is 12.0. The van der Waals surface area contributed by atoms with Gasteiger partial charge in [0.15, 0.2) is 5.76 Å². The summed E-state index contributed by atoms with van der Waals surface area (Å²) in [7, 11) is 0. The molecule has 21 heavy (non-hydrogen) atoms. The van der Waals surface area contributed by atoms with Crippen molar-refractivity contribution in [1.82, 2.24) is 10.2 Å². The zero-order valence-corrected chi connectivity index (χ0v) is 12.8. The number of aryl methyl sites for hydroxylation is 1. The molecule has 0 atom stereocenters. The van der Waals surface area contributed by atoms with Gasteiger partial charge in [0.25, 0.3) is 5.91 Å². The van der Waals surface area contributed by atoms with E-state index >= 15 is 0 Å². The molecule has 6 nitrogen and oxygen atoms in total. The Bertz CT molecular complexity index is 481. The number of nitrogens with one attached hydrogen (secondary N) is 1. The molecule has 2 N–H and O–H groups in total. The Morgan fingerprint density at radius 3 is 2.62 bits per heavy atom. The standard InChI is InChI=1S/C14H20N2O4.ClH/c1-10-5-9-20-13(10)14(19)15-11-2-6-16(7-3-11)8-4-12(17)18;/h5,9,11H,2-4,6-8H2,1H3,(H,15,19)(H,17,18);1H. The highest BCUT2D eigenvalue weighted by Crippen LogP contribution is 2.13. The van der Waals surface area contributed by atoms with Gasteiger partial charge in [-0.25, -0.2) is 0 Å². The molecule has 0 radical (unpaired) electrons. The highest BCUT2D eigenvalue weighted by atomic mass is 35.5. The van der Waals surface area contributed by atoms with E-state index in [-0.39, 0.29) is 30.8 Å². The highest BCUT2D eigenvalue weighted by molar-refractivity contribution is 5.92. The van der Waals surface area contributed by atoms with Gasteiger partial charge in [-0.2, -0.15) is 0 Å². The number of hydrogen-bond donors (Lipinski definition) is 2. The number of piperidine rings is 1. The number of carbonyl (C=O) groups excluding carboxylic acids is 1. The van der Waals surface area contributed by atoms with Gasteiger partial charge in [-0.15, -0.1) is 12.4 Å². The highest BCUT2D eigenvalue weighted by Gasteiger charge is 2.22. The summed E-state index contributed by atoms with van der Waals surface area (Å²) in [6.45, 7) is 4.05. The molecule has 1 aromatic heterocycles. The summed E-state index contributed by atoms with van der Waals surface area (Å²) >= 11 is 0. The van der Waals surface area contributed by atoms with E-state index in [1.54, 1.807) is 6.07 Å². The molecule has 1 aliphatic heterocycles. The maximum Gasteiger partial charge on any atom is 0.304 e. The van der Waals surface area contributed by atoms with Crippen LogP contribution in [0.5, 0.6) is 0 Å². The molecule has 7 heteroatoms. The first kappa shape index (κ1) is 17.5. The average molecular weight is 317 g/mol. The zero-order valence-electron chi connectivity index (χ0n) is 12.0. The first-order valence-electron chi connectivity index (χ1n) is 6.85. The number of halogens is 1. The number of aliphatic carboxylic acids is 1. The Balaban J connectivity index is 0.00000220. The van der Waals surface area contributed by atoms with Gasteiger partial charge in [0.05, 0.1) is 12.7 Å². The molecule has 2 heterocycles. The number of furan rings is 1. The largest absolute Gasteiger partial charge is 0.481 e. The van der Waals surface area contributed by atoms with Crippen molar-refractivity contribution in [2.75, 3.05) is 19.6 Å². The number of carboxylic acid groups (broad SMARTS) is 1. The second kappa shape index (κ2) is 8.05. The van der Waals surface area contributed by atoms with Crippen molar-refractivity contribution in [3.63, 3.8) is 0 Å². The Hall–Kier alpha value is -1.53. The smallest absolute Gasteiger partial charge is 0.304 e. The summed E-state index contributed by atoms with van der Waals surface area (Å²) in [5, 5.41) is 11.6. The van der Waals surface area contributed by atoms with Gasteiger partial charge in [-0.05, 0) is 25.8 Å². The number of nitrogens with zero attached hydrogens (tertiary/aromatic N) is 1. The van der Waals surface area contributed by atoms with E-state index < -0.39 is 5.97 Å². The fourth-order valence-electron chi connectivity index (χ4n) is 2.41. The molecular weight excluding hydrogens is 296 g/mol. The van der Waals surface area contributed by atoms with Crippen LogP contribution in [0.4, 0.5) is 0 Å². The van der Waals surface area contributed by atoms with Crippen LogP contribution in [0.25, 0.3) is 0 Å². The summed E-state index contributed by atoms with van der Waals surface area (Å²) < 4.78 is 5.17. The number of likely N-dealkylation sites (tertiary alicyclic amines) is 1. The fourth-order valence-corrected chi connectivity index (χ4v) is 2.41. The Kier molecular flexibility index (Phi) is 6.71. The molecule has 118 valence electrons. The Morgan fingerprint density at radius 1 is 1.43 bits per heavy atom. The van der Waals surface area contributed by atoms with Crippen molar-refractivity contribution < 1.29 is 19.1 Å². The molecule has 1 fully saturated rings. The minimum Gasteiger partial charge on any atom is -0.481 e. The first-order valence-corrected chi connectivity index (χ1v) is 6.85. The molecule has 1 aromatic rings. The quantitative estimate of drug-likeness (QED) is 0.863. The molecular formula is C14H21ClN2O4. The third-order valence-electron chi connectivity index (χ3n) is 3.63. The molecule has 2 rings (SSSR count). The third-order valence-corrected chi connectivity index (χ3v) is 3.63. The second-order valence-electron chi connectivity index (χ2n) is 5.17. The van der Waals surface area contributed by atoms with Crippen LogP contribution >= 0.6 is 12.4 Å². The van der Waals surface area contributed by atoms with Crippen molar-refractivity contribution in [1.29, 1.82) is 0 Å². The van der Waals surface area contributed by atoms with E-state index in [2.05, 4.69) is 10.2 Å².